The normalized spacial score (nSPS) is 11.7. The highest BCUT2D eigenvalue weighted by Crippen LogP contribution is 2.14. The number of aromatic nitrogens is 3. The molecule has 0 aliphatic heterocycles. The van der Waals surface area contributed by atoms with E-state index < -0.39 is 15.8 Å². The average molecular weight is 553 g/mol. The number of sulfonamides is 1. The van der Waals surface area contributed by atoms with Crippen molar-refractivity contribution in [2.45, 2.75) is 33.7 Å². The van der Waals surface area contributed by atoms with E-state index in [2.05, 4.69) is 30.5 Å². The fourth-order valence-corrected chi connectivity index (χ4v) is 3.46. The Morgan fingerprint density at radius 3 is 2.70 bits per heavy atom. The molecule has 1 heterocycles. The van der Waals surface area contributed by atoms with Gasteiger partial charge in [-0.2, -0.15) is 0 Å². The van der Waals surface area contributed by atoms with E-state index in [1.165, 1.54) is 12.1 Å². The predicted octanol–water partition coefficient (Wildman–Crippen LogP) is 1.90. The molecule has 30 heavy (non-hydrogen) atoms. The van der Waals surface area contributed by atoms with Gasteiger partial charge >= 0.3 is 0 Å². The standard InChI is InChI=1S/C18H28FN7O2S.HI/c1-4-17-24-23-13-26(17)10-8-21-18(20-5-2)22-9-11-29(27,28)25-15-7-6-14(3)16(19)12-15;/h6-7,12-13,25H,4-5,8-11H2,1-3H3,(H2,20,21,22);1H. The Hall–Kier alpha value is -1.96. The fourth-order valence-electron chi connectivity index (χ4n) is 2.54. The molecular formula is C18H29FIN7O2S. The third-order valence-corrected chi connectivity index (χ3v) is 5.34. The van der Waals surface area contributed by atoms with Crippen LogP contribution in [-0.4, -0.2) is 54.5 Å². The van der Waals surface area contributed by atoms with E-state index in [1.807, 2.05) is 18.4 Å². The number of hydrogen-bond acceptors (Lipinski definition) is 5. The molecule has 2 rings (SSSR count). The summed E-state index contributed by atoms with van der Waals surface area (Å²) < 4.78 is 42.3. The van der Waals surface area contributed by atoms with Gasteiger partial charge in [0.05, 0.1) is 18.0 Å². The molecule has 0 fully saturated rings. The number of nitrogens with zero attached hydrogens (tertiary/aromatic N) is 4. The van der Waals surface area contributed by atoms with Crippen LogP contribution in [0.2, 0.25) is 0 Å². The molecule has 0 aliphatic carbocycles. The highest BCUT2D eigenvalue weighted by molar-refractivity contribution is 14.0. The molecule has 9 nitrogen and oxygen atoms in total. The molecule has 0 unspecified atom stereocenters. The summed E-state index contributed by atoms with van der Waals surface area (Å²) >= 11 is 0. The zero-order valence-corrected chi connectivity index (χ0v) is 20.5. The quantitative estimate of drug-likeness (QED) is 0.236. The molecule has 1 aromatic carbocycles. The van der Waals surface area contributed by atoms with Gasteiger partial charge in [0.1, 0.15) is 18.0 Å². The van der Waals surface area contributed by atoms with E-state index in [0.29, 0.717) is 31.2 Å². The number of hydrogen-bond donors (Lipinski definition) is 3. The Bertz CT molecular complexity index is 934. The van der Waals surface area contributed by atoms with Crippen LogP contribution < -0.4 is 15.4 Å². The second-order valence-electron chi connectivity index (χ2n) is 6.37. The molecular weight excluding hydrogens is 524 g/mol. The predicted molar refractivity (Wildman–Crippen MR) is 127 cm³/mol. The number of halogens is 2. The molecule has 1 aromatic heterocycles. The maximum atomic E-state index is 13.6. The van der Waals surface area contributed by atoms with Crippen LogP contribution in [0, 0.1) is 12.7 Å². The Balaban J connectivity index is 0.00000450. The maximum absolute atomic E-state index is 13.6. The van der Waals surface area contributed by atoms with Gasteiger partial charge in [0.25, 0.3) is 0 Å². The van der Waals surface area contributed by atoms with Crippen molar-refractivity contribution in [3.05, 3.63) is 41.7 Å². The van der Waals surface area contributed by atoms with Crippen molar-refractivity contribution in [2.24, 2.45) is 4.99 Å². The number of benzene rings is 1. The number of nitrogens with one attached hydrogen (secondary N) is 3. The Morgan fingerprint density at radius 2 is 2.03 bits per heavy atom. The van der Waals surface area contributed by atoms with Crippen molar-refractivity contribution >= 4 is 45.6 Å². The van der Waals surface area contributed by atoms with Gasteiger partial charge < -0.3 is 15.2 Å². The van der Waals surface area contributed by atoms with E-state index in [1.54, 1.807) is 13.3 Å². The van der Waals surface area contributed by atoms with Gasteiger partial charge in [-0.3, -0.25) is 9.71 Å². The van der Waals surface area contributed by atoms with Crippen LogP contribution in [0.3, 0.4) is 0 Å². The molecule has 0 bridgehead atoms. The van der Waals surface area contributed by atoms with E-state index in [9.17, 15) is 12.8 Å². The number of rotatable bonds is 10. The van der Waals surface area contributed by atoms with Crippen LogP contribution in [0.4, 0.5) is 10.1 Å². The molecule has 2 aromatic rings. The minimum atomic E-state index is -3.64. The topological polar surface area (TPSA) is 113 Å². The van der Waals surface area contributed by atoms with Crippen molar-refractivity contribution in [3.8, 4) is 0 Å². The summed E-state index contributed by atoms with van der Waals surface area (Å²) in [5.41, 5.74) is 0.652. The summed E-state index contributed by atoms with van der Waals surface area (Å²) in [6.07, 6.45) is 2.47. The summed E-state index contributed by atoms with van der Waals surface area (Å²) in [5, 5.41) is 14.2. The lowest BCUT2D eigenvalue weighted by Crippen LogP contribution is -2.39. The van der Waals surface area contributed by atoms with Gasteiger partial charge in [0, 0.05) is 26.1 Å². The molecule has 0 amide bonds. The van der Waals surface area contributed by atoms with Crippen molar-refractivity contribution in [3.63, 3.8) is 0 Å². The van der Waals surface area contributed by atoms with E-state index >= 15 is 0 Å². The van der Waals surface area contributed by atoms with Gasteiger partial charge in [-0.1, -0.05) is 13.0 Å². The van der Waals surface area contributed by atoms with Crippen molar-refractivity contribution in [2.75, 3.05) is 30.1 Å². The van der Waals surface area contributed by atoms with Crippen molar-refractivity contribution in [1.82, 2.24) is 25.4 Å². The zero-order valence-electron chi connectivity index (χ0n) is 17.4. The summed E-state index contributed by atoms with van der Waals surface area (Å²) in [4.78, 5) is 4.29. The molecule has 168 valence electrons. The van der Waals surface area contributed by atoms with Crippen LogP contribution in [0.25, 0.3) is 0 Å². The third kappa shape index (κ3) is 8.42. The van der Waals surface area contributed by atoms with Crippen LogP contribution >= 0.6 is 24.0 Å². The average Bonchev–Trinajstić information content (AvgIpc) is 3.12. The second-order valence-corrected chi connectivity index (χ2v) is 8.21. The first-order valence-electron chi connectivity index (χ1n) is 9.50. The van der Waals surface area contributed by atoms with Crippen molar-refractivity contribution < 1.29 is 12.8 Å². The molecule has 0 spiro atoms. The molecule has 3 N–H and O–H groups in total. The lowest BCUT2D eigenvalue weighted by molar-refractivity contribution is 0.600. The highest BCUT2D eigenvalue weighted by Gasteiger charge is 2.11. The lowest BCUT2D eigenvalue weighted by Gasteiger charge is -2.12. The van der Waals surface area contributed by atoms with Crippen LogP contribution in [0.15, 0.2) is 29.5 Å². The smallest absolute Gasteiger partial charge is 0.234 e. The Morgan fingerprint density at radius 1 is 1.27 bits per heavy atom. The molecule has 0 aliphatic rings. The van der Waals surface area contributed by atoms with Crippen LogP contribution in [0.5, 0.6) is 0 Å². The molecule has 0 atom stereocenters. The SMILES string of the molecule is CCNC(=NCCS(=O)(=O)Nc1ccc(C)c(F)c1)NCCn1cnnc1CC.I. The molecule has 12 heteroatoms. The summed E-state index contributed by atoms with van der Waals surface area (Å²) in [6.45, 7) is 7.52. The number of aliphatic imine (C=N–C) groups is 1. The van der Waals surface area contributed by atoms with E-state index in [0.717, 1.165) is 18.3 Å². The molecule has 0 saturated heterocycles. The first kappa shape index (κ1) is 26.1. The Labute approximate surface area is 194 Å². The first-order chi connectivity index (χ1) is 13.8. The van der Waals surface area contributed by atoms with Gasteiger partial charge in [0.15, 0.2) is 5.96 Å². The van der Waals surface area contributed by atoms with Gasteiger partial charge in [-0.15, -0.1) is 34.2 Å². The van der Waals surface area contributed by atoms with Gasteiger partial charge in [-0.25, -0.2) is 12.8 Å². The van der Waals surface area contributed by atoms with E-state index in [-0.39, 0.29) is 42.0 Å². The van der Waals surface area contributed by atoms with E-state index in [4.69, 9.17) is 0 Å². The molecule has 0 saturated carbocycles. The Kier molecular flexibility index (Phi) is 11.0. The number of anilines is 1. The lowest BCUT2D eigenvalue weighted by atomic mass is 10.2. The molecule has 0 radical (unpaired) electrons. The fraction of sp³-hybridized carbons (Fsp3) is 0.500. The third-order valence-electron chi connectivity index (χ3n) is 4.08. The number of aryl methyl sites for hydroxylation is 2. The summed E-state index contributed by atoms with van der Waals surface area (Å²) in [7, 11) is -3.64. The number of guanidine groups is 1. The summed E-state index contributed by atoms with van der Waals surface area (Å²) in [5.74, 6) is 0.750. The van der Waals surface area contributed by atoms with Crippen LogP contribution in [0.1, 0.15) is 25.2 Å². The van der Waals surface area contributed by atoms with Crippen molar-refractivity contribution in [1.29, 1.82) is 0 Å². The largest absolute Gasteiger partial charge is 0.357 e. The van der Waals surface area contributed by atoms with Gasteiger partial charge in [0.2, 0.25) is 10.0 Å². The second kappa shape index (κ2) is 12.7. The monoisotopic (exact) mass is 553 g/mol. The van der Waals surface area contributed by atoms with Crippen LogP contribution in [-0.2, 0) is 23.0 Å². The highest BCUT2D eigenvalue weighted by atomic mass is 127. The maximum Gasteiger partial charge on any atom is 0.234 e. The summed E-state index contributed by atoms with van der Waals surface area (Å²) in [6, 6.07) is 4.22. The minimum absolute atomic E-state index is 0. The first-order valence-corrected chi connectivity index (χ1v) is 11.1. The van der Waals surface area contributed by atoms with Gasteiger partial charge in [-0.05, 0) is 31.5 Å². The zero-order chi connectivity index (χ0) is 21.3. The minimum Gasteiger partial charge on any atom is -0.357 e.